The van der Waals surface area contributed by atoms with E-state index in [1.807, 2.05) is 18.4 Å². The molecule has 0 bridgehead atoms. The number of ether oxygens (including phenoxy) is 1. The van der Waals surface area contributed by atoms with Crippen LogP contribution < -0.4 is 0 Å². The summed E-state index contributed by atoms with van der Waals surface area (Å²) in [5, 5.41) is -0.0831. The molecule has 1 atom stereocenters. The molecule has 1 aromatic heterocycles. The van der Waals surface area contributed by atoms with Crippen LogP contribution >= 0.6 is 10.7 Å². The SMILES string of the molecule is CCc1nc(S(=O)(=O)Cl)cn1C(C)CCOC. The van der Waals surface area contributed by atoms with E-state index in [1.165, 1.54) is 6.20 Å². The zero-order valence-electron chi connectivity index (χ0n) is 10.2. The molecule has 0 saturated heterocycles. The van der Waals surface area contributed by atoms with Crippen molar-refractivity contribution >= 4 is 19.7 Å². The van der Waals surface area contributed by atoms with E-state index in [0.29, 0.717) is 18.9 Å². The zero-order valence-corrected chi connectivity index (χ0v) is 11.8. The van der Waals surface area contributed by atoms with Gasteiger partial charge in [-0.1, -0.05) is 6.92 Å². The molecule has 17 heavy (non-hydrogen) atoms. The number of hydrogen-bond acceptors (Lipinski definition) is 4. The lowest BCUT2D eigenvalue weighted by Crippen LogP contribution is -2.10. The summed E-state index contributed by atoms with van der Waals surface area (Å²) in [7, 11) is 3.16. The quantitative estimate of drug-likeness (QED) is 0.748. The number of methoxy groups -OCH3 is 1. The largest absolute Gasteiger partial charge is 0.385 e. The average Bonchev–Trinajstić information content (AvgIpc) is 2.69. The lowest BCUT2D eigenvalue weighted by atomic mass is 10.2. The van der Waals surface area contributed by atoms with Gasteiger partial charge in [0, 0.05) is 43.1 Å². The highest BCUT2D eigenvalue weighted by Crippen LogP contribution is 2.20. The van der Waals surface area contributed by atoms with Crippen molar-refractivity contribution in [1.29, 1.82) is 0 Å². The lowest BCUT2D eigenvalue weighted by molar-refractivity contribution is 0.180. The van der Waals surface area contributed by atoms with Crippen molar-refractivity contribution in [3.63, 3.8) is 0 Å². The minimum Gasteiger partial charge on any atom is -0.385 e. The van der Waals surface area contributed by atoms with Gasteiger partial charge in [-0.15, -0.1) is 0 Å². The smallest absolute Gasteiger partial charge is 0.280 e. The van der Waals surface area contributed by atoms with E-state index in [9.17, 15) is 8.42 Å². The maximum Gasteiger partial charge on any atom is 0.280 e. The van der Waals surface area contributed by atoms with Crippen molar-refractivity contribution in [1.82, 2.24) is 9.55 Å². The summed E-state index contributed by atoms with van der Waals surface area (Å²) in [6.07, 6.45) is 2.94. The van der Waals surface area contributed by atoms with Crippen LogP contribution in [0.1, 0.15) is 32.1 Å². The van der Waals surface area contributed by atoms with E-state index < -0.39 is 9.05 Å². The Balaban J connectivity index is 3.02. The van der Waals surface area contributed by atoms with Crippen molar-refractivity contribution in [2.75, 3.05) is 13.7 Å². The standard InChI is InChI=1S/C10H17ClN2O3S/c1-4-9-12-10(17(11,14)15)7-13(9)8(2)5-6-16-3/h7-8H,4-6H2,1-3H3. The van der Waals surface area contributed by atoms with Gasteiger partial charge in [0.15, 0.2) is 5.03 Å². The Labute approximate surface area is 106 Å². The molecule has 5 nitrogen and oxygen atoms in total. The van der Waals surface area contributed by atoms with Crippen LogP contribution in [0.15, 0.2) is 11.2 Å². The first kappa shape index (κ1) is 14.5. The first-order valence-electron chi connectivity index (χ1n) is 5.41. The predicted molar refractivity (Wildman–Crippen MR) is 65.8 cm³/mol. The monoisotopic (exact) mass is 280 g/mol. The molecule has 98 valence electrons. The van der Waals surface area contributed by atoms with Gasteiger partial charge in [0.2, 0.25) is 0 Å². The summed E-state index contributed by atoms with van der Waals surface area (Å²) in [4.78, 5) is 4.03. The molecular weight excluding hydrogens is 264 g/mol. The molecule has 7 heteroatoms. The van der Waals surface area contributed by atoms with E-state index in [1.54, 1.807) is 7.11 Å². The Hall–Kier alpha value is -0.590. The number of aryl methyl sites for hydroxylation is 1. The molecule has 0 aliphatic carbocycles. The highest BCUT2D eigenvalue weighted by molar-refractivity contribution is 8.13. The van der Waals surface area contributed by atoms with Gasteiger partial charge in [0.1, 0.15) is 5.82 Å². The van der Waals surface area contributed by atoms with Crippen LogP contribution in [0.2, 0.25) is 0 Å². The van der Waals surface area contributed by atoms with Gasteiger partial charge in [-0.2, -0.15) is 0 Å². The van der Waals surface area contributed by atoms with E-state index in [2.05, 4.69) is 4.98 Å². The minimum atomic E-state index is -3.76. The number of halogens is 1. The first-order chi connectivity index (χ1) is 7.90. The molecule has 1 aromatic rings. The van der Waals surface area contributed by atoms with Gasteiger partial charge in [-0.3, -0.25) is 0 Å². The fourth-order valence-electron chi connectivity index (χ4n) is 1.60. The second-order valence-corrected chi connectivity index (χ2v) is 6.34. The van der Waals surface area contributed by atoms with Crippen molar-refractivity contribution in [2.24, 2.45) is 0 Å². The highest BCUT2D eigenvalue weighted by Gasteiger charge is 2.19. The second-order valence-electron chi connectivity index (χ2n) is 3.82. The van der Waals surface area contributed by atoms with Gasteiger partial charge < -0.3 is 9.30 Å². The van der Waals surface area contributed by atoms with Gasteiger partial charge in [0.05, 0.1) is 0 Å². The predicted octanol–water partition coefficient (Wildman–Crippen LogP) is 1.97. The van der Waals surface area contributed by atoms with Crippen LogP contribution in [0.25, 0.3) is 0 Å². The number of hydrogen-bond donors (Lipinski definition) is 0. The lowest BCUT2D eigenvalue weighted by Gasteiger charge is -2.14. The Morgan fingerprint density at radius 1 is 1.59 bits per heavy atom. The van der Waals surface area contributed by atoms with Crippen molar-refractivity contribution in [3.8, 4) is 0 Å². The number of rotatable bonds is 6. The Bertz CT molecular complexity index is 470. The summed E-state index contributed by atoms with van der Waals surface area (Å²) in [5.74, 6) is 0.716. The Morgan fingerprint density at radius 2 is 2.24 bits per heavy atom. The second kappa shape index (κ2) is 5.84. The van der Waals surface area contributed by atoms with E-state index >= 15 is 0 Å². The van der Waals surface area contributed by atoms with Crippen molar-refractivity contribution in [2.45, 2.75) is 37.8 Å². The molecule has 0 radical (unpaired) electrons. The molecule has 1 unspecified atom stereocenters. The fourth-order valence-corrected chi connectivity index (χ4v) is 2.27. The topological polar surface area (TPSA) is 61.2 Å². The van der Waals surface area contributed by atoms with Gasteiger partial charge in [-0.05, 0) is 13.3 Å². The Morgan fingerprint density at radius 3 is 2.71 bits per heavy atom. The third kappa shape index (κ3) is 3.69. The molecule has 1 heterocycles. The summed E-state index contributed by atoms with van der Waals surface area (Å²) in [5.41, 5.74) is 0. The number of aromatic nitrogens is 2. The molecule has 0 aliphatic heterocycles. The third-order valence-electron chi connectivity index (χ3n) is 2.57. The molecule has 0 aromatic carbocycles. The van der Waals surface area contributed by atoms with Gasteiger partial charge in [0.25, 0.3) is 9.05 Å². The molecular formula is C10H17ClN2O3S. The average molecular weight is 281 g/mol. The molecule has 0 fully saturated rings. The maximum absolute atomic E-state index is 11.2. The summed E-state index contributed by atoms with van der Waals surface area (Å²) < 4.78 is 29.3. The van der Waals surface area contributed by atoms with Crippen molar-refractivity contribution < 1.29 is 13.2 Å². The number of imidazole rings is 1. The molecule has 0 spiro atoms. The van der Waals surface area contributed by atoms with Crippen LogP contribution in [-0.4, -0.2) is 31.7 Å². The van der Waals surface area contributed by atoms with Gasteiger partial charge >= 0.3 is 0 Å². The molecule has 1 rings (SSSR count). The Kier molecular flexibility index (Phi) is 4.97. The fraction of sp³-hybridized carbons (Fsp3) is 0.700. The van der Waals surface area contributed by atoms with Crippen LogP contribution in [0.4, 0.5) is 0 Å². The first-order valence-corrected chi connectivity index (χ1v) is 7.72. The summed E-state index contributed by atoms with van der Waals surface area (Å²) >= 11 is 0. The summed E-state index contributed by atoms with van der Waals surface area (Å²) in [6.45, 7) is 4.53. The zero-order chi connectivity index (χ0) is 13.1. The molecule has 0 N–H and O–H groups in total. The van der Waals surface area contributed by atoms with Crippen LogP contribution in [0.5, 0.6) is 0 Å². The maximum atomic E-state index is 11.2. The third-order valence-corrected chi connectivity index (χ3v) is 3.74. The van der Waals surface area contributed by atoms with E-state index in [-0.39, 0.29) is 11.1 Å². The summed E-state index contributed by atoms with van der Waals surface area (Å²) in [6, 6.07) is 0.129. The molecule has 0 saturated carbocycles. The van der Waals surface area contributed by atoms with E-state index in [0.717, 1.165) is 6.42 Å². The highest BCUT2D eigenvalue weighted by atomic mass is 35.7. The molecule has 0 amide bonds. The van der Waals surface area contributed by atoms with Crippen LogP contribution in [0, 0.1) is 0 Å². The van der Waals surface area contributed by atoms with Crippen LogP contribution in [0.3, 0.4) is 0 Å². The van der Waals surface area contributed by atoms with Gasteiger partial charge in [-0.25, -0.2) is 13.4 Å². The van der Waals surface area contributed by atoms with Crippen molar-refractivity contribution in [3.05, 3.63) is 12.0 Å². The van der Waals surface area contributed by atoms with Crippen LogP contribution in [-0.2, 0) is 20.2 Å². The minimum absolute atomic E-state index is 0.0831. The molecule has 0 aliphatic rings. The van der Waals surface area contributed by atoms with E-state index in [4.69, 9.17) is 15.4 Å². The normalized spacial score (nSPS) is 13.9. The number of nitrogens with zero attached hydrogens (tertiary/aromatic N) is 2.